The van der Waals surface area contributed by atoms with Crippen LogP contribution in [-0.4, -0.2) is 37.0 Å². The van der Waals surface area contributed by atoms with Gasteiger partial charge in [-0.15, -0.1) is 0 Å². The van der Waals surface area contributed by atoms with E-state index in [0.717, 1.165) is 5.56 Å². The van der Waals surface area contributed by atoms with E-state index in [0.29, 0.717) is 41.1 Å². The Labute approximate surface area is 145 Å². The van der Waals surface area contributed by atoms with Gasteiger partial charge in [-0.3, -0.25) is 9.69 Å². The first-order valence-electron chi connectivity index (χ1n) is 7.63. The van der Waals surface area contributed by atoms with Gasteiger partial charge in [0.1, 0.15) is 5.75 Å². The third-order valence-electron chi connectivity index (χ3n) is 3.79. The molecule has 0 radical (unpaired) electrons. The van der Waals surface area contributed by atoms with E-state index in [-0.39, 0.29) is 5.91 Å². The molecule has 0 bridgehead atoms. The normalized spacial score (nSPS) is 15.5. The van der Waals surface area contributed by atoms with E-state index < -0.39 is 0 Å². The molecule has 0 saturated carbocycles. The highest BCUT2D eigenvalue weighted by Gasteiger charge is 2.26. The number of guanidine groups is 1. The minimum absolute atomic E-state index is 0.107. The second-order valence-electron chi connectivity index (χ2n) is 5.50. The number of aliphatic imine (C=N–C) groups is 1. The van der Waals surface area contributed by atoms with Crippen LogP contribution in [0.15, 0.2) is 47.5 Å². The molecule has 2 aromatic rings. The van der Waals surface area contributed by atoms with Crippen LogP contribution in [0.25, 0.3) is 0 Å². The quantitative estimate of drug-likeness (QED) is 0.929. The number of halogens is 1. The molecule has 24 heavy (non-hydrogen) atoms. The summed E-state index contributed by atoms with van der Waals surface area (Å²) in [4.78, 5) is 18.9. The molecule has 2 aromatic carbocycles. The average Bonchev–Trinajstić information content (AvgIpc) is 3.05. The summed E-state index contributed by atoms with van der Waals surface area (Å²) in [7, 11) is 1.59. The van der Waals surface area contributed by atoms with Gasteiger partial charge >= 0.3 is 0 Å². The number of carbonyl (C=O) groups excluding carboxylic acids is 1. The maximum atomic E-state index is 12.7. The first kappa shape index (κ1) is 16.3. The SMILES string of the molecule is COc1ccc(C(=O)N2CCNC2=Nc2ccc(C)cc2Cl)cc1. The van der Waals surface area contributed by atoms with Crippen LogP contribution >= 0.6 is 11.6 Å². The molecule has 0 spiro atoms. The summed E-state index contributed by atoms with van der Waals surface area (Å²) in [6, 6.07) is 12.7. The number of aryl methyl sites for hydroxylation is 1. The minimum Gasteiger partial charge on any atom is -0.497 e. The Morgan fingerprint density at radius 3 is 2.67 bits per heavy atom. The van der Waals surface area contributed by atoms with Gasteiger partial charge in [-0.1, -0.05) is 17.7 Å². The molecular formula is C18H18ClN3O2. The number of hydrogen-bond donors (Lipinski definition) is 1. The molecule has 1 saturated heterocycles. The third kappa shape index (κ3) is 3.36. The molecule has 1 heterocycles. The van der Waals surface area contributed by atoms with Gasteiger partial charge in [0.15, 0.2) is 0 Å². The largest absolute Gasteiger partial charge is 0.497 e. The summed E-state index contributed by atoms with van der Waals surface area (Å²) < 4.78 is 5.12. The van der Waals surface area contributed by atoms with E-state index in [1.165, 1.54) is 0 Å². The summed E-state index contributed by atoms with van der Waals surface area (Å²) in [5.74, 6) is 1.12. The molecule has 124 valence electrons. The van der Waals surface area contributed by atoms with Crippen molar-refractivity contribution in [3.8, 4) is 5.75 Å². The van der Waals surface area contributed by atoms with Crippen molar-refractivity contribution in [2.24, 2.45) is 4.99 Å². The molecular weight excluding hydrogens is 326 g/mol. The molecule has 0 unspecified atom stereocenters. The molecule has 3 rings (SSSR count). The molecule has 6 heteroatoms. The van der Waals surface area contributed by atoms with Crippen LogP contribution in [0, 0.1) is 6.92 Å². The van der Waals surface area contributed by atoms with E-state index in [1.807, 2.05) is 25.1 Å². The van der Waals surface area contributed by atoms with Gasteiger partial charge in [0.2, 0.25) is 5.96 Å². The van der Waals surface area contributed by atoms with Gasteiger partial charge < -0.3 is 10.1 Å². The minimum atomic E-state index is -0.107. The Kier molecular flexibility index (Phi) is 4.71. The van der Waals surface area contributed by atoms with E-state index >= 15 is 0 Å². The number of benzene rings is 2. The molecule has 1 aliphatic heterocycles. The van der Waals surface area contributed by atoms with Gasteiger partial charge in [0, 0.05) is 18.7 Å². The number of methoxy groups -OCH3 is 1. The van der Waals surface area contributed by atoms with Crippen molar-refractivity contribution in [3.05, 3.63) is 58.6 Å². The lowest BCUT2D eigenvalue weighted by Gasteiger charge is -2.16. The van der Waals surface area contributed by atoms with E-state index in [1.54, 1.807) is 36.3 Å². The fourth-order valence-corrected chi connectivity index (χ4v) is 2.76. The highest BCUT2D eigenvalue weighted by Crippen LogP contribution is 2.26. The Bertz CT molecular complexity index is 787. The van der Waals surface area contributed by atoms with E-state index in [9.17, 15) is 4.79 Å². The van der Waals surface area contributed by atoms with Gasteiger partial charge in [-0.2, -0.15) is 0 Å². The Hall–Kier alpha value is -2.53. The zero-order valence-electron chi connectivity index (χ0n) is 13.5. The highest BCUT2D eigenvalue weighted by molar-refractivity contribution is 6.33. The summed E-state index contributed by atoms with van der Waals surface area (Å²) in [6.07, 6.45) is 0. The van der Waals surface area contributed by atoms with Crippen molar-refractivity contribution in [2.75, 3.05) is 20.2 Å². The predicted molar refractivity (Wildman–Crippen MR) is 95.3 cm³/mol. The van der Waals surface area contributed by atoms with E-state index in [2.05, 4.69) is 10.3 Å². The van der Waals surface area contributed by atoms with Crippen LogP contribution in [-0.2, 0) is 0 Å². The average molecular weight is 344 g/mol. The fourth-order valence-electron chi connectivity index (χ4n) is 2.48. The molecule has 1 N–H and O–H groups in total. The second-order valence-corrected chi connectivity index (χ2v) is 5.91. The topological polar surface area (TPSA) is 53.9 Å². The van der Waals surface area contributed by atoms with Crippen LogP contribution in [0.1, 0.15) is 15.9 Å². The molecule has 5 nitrogen and oxygen atoms in total. The number of hydrogen-bond acceptors (Lipinski definition) is 3. The number of carbonyl (C=O) groups is 1. The summed E-state index contributed by atoms with van der Waals surface area (Å²) in [6.45, 7) is 3.19. The first-order chi connectivity index (χ1) is 11.6. The molecule has 0 aromatic heterocycles. The van der Waals surface area contributed by atoms with Crippen LogP contribution in [0.5, 0.6) is 5.75 Å². The standard InChI is InChI=1S/C18H18ClN3O2/c1-12-3-8-16(15(19)11-12)21-18-20-9-10-22(18)17(23)13-4-6-14(24-2)7-5-13/h3-8,11H,9-10H2,1-2H3,(H,20,21). The summed E-state index contributed by atoms with van der Waals surface area (Å²) in [5, 5.41) is 3.70. The van der Waals surface area contributed by atoms with E-state index in [4.69, 9.17) is 16.3 Å². The Morgan fingerprint density at radius 1 is 1.25 bits per heavy atom. The Morgan fingerprint density at radius 2 is 2.00 bits per heavy atom. The first-order valence-corrected chi connectivity index (χ1v) is 8.01. The predicted octanol–water partition coefficient (Wildman–Crippen LogP) is 3.39. The molecule has 0 aliphatic carbocycles. The number of amides is 1. The van der Waals surface area contributed by atoms with Crippen molar-refractivity contribution < 1.29 is 9.53 Å². The Balaban J connectivity index is 1.86. The lowest BCUT2D eigenvalue weighted by Crippen LogP contribution is -2.35. The fraction of sp³-hybridized carbons (Fsp3) is 0.222. The maximum absolute atomic E-state index is 12.7. The number of ether oxygens (including phenoxy) is 1. The smallest absolute Gasteiger partial charge is 0.260 e. The van der Waals surface area contributed by atoms with Gasteiger partial charge in [0.25, 0.3) is 5.91 Å². The third-order valence-corrected chi connectivity index (χ3v) is 4.09. The highest BCUT2D eigenvalue weighted by atomic mass is 35.5. The van der Waals surface area contributed by atoms with Gasteiger partial charge in [0.05, 0.1) is 17.8 Å². The zero-order valence-corrected chi connectivity index (χ0v) is 14.3. The number of nitrogens with zero attached hydrogens (tertiary/aromatic N) is 2. The summed E-state index contributed by atoms with van der Waals surface area (Å²) in [5.41, 5.74) is 2.29. The molecule has 1 fully saturated rings. The van der Waals surface area contributed by atoms with Crippen molar-refractivity contribution >= 4 is 29.2 Å². The monoisotopic (exact) mass is 343 g/mol. The van der Waals surface area contributed by atoms with Crippen molar-refractivity contribution in [3.63, 3.8) is 0 Å². The zero-order chi connectivity index (χ0) is 17.1. The number of nitrogens with one attached hydrogen (secondary N) is 1. The second kappa shape index (κ2) is 6.93. The lowest BCUT2D eigenvalue weighted by molar-refractivity contribution is 0.0859. The molecule has 0 atom stereocenters. The van der Waals surface area contributed by atoms with Crippen LogP contribution in [0.2, 0.25) is 5.02 Å². The van der Waals surface area contributed by atoms with Crippen molar-refractivity contribution in [1.82, 2.24) is 10.2 Å². The molecule has 1 aliphatic rings. The molecule has 1 amide bonds. The van der Waals surface area contributed by atoms with Crippen LogP contribution in [0.3, 0.4) is 0 Å². The van der Waals surface area contributed by atoms with Crippen LogP contribution < -0.4 is 10.1 Å². The van der Waals surface area contributed by atoms with Crippen molar-refractivity contribution in [1.29, 1.82) is 0 Å². The van der Waals surface area contributed by atoms with Gasteiger partial charge in [-0.25, -0.2) is 4.99 Å². The van der Waals surface area contributed by atoms with Crippen LogP contribution in [0.4, 0.5) is 5.69 Å². The lowest BCUT2D eigenvalue weighted by atomic mass is 10.2. The van der Waals surface area contributed by atoms with Gasteiger partial charge in [-0.05, 0) is 48.9 Å². The maximum Gasteiger partial charge on any atom is 0.260 e. The number of rotatable bonds is 3. The van der Waals surface area contributed by atoms with Crippen molar-refractivity contribution in [2.45, 2.75) is 6.92 Å². The summed E-state index contributed by atoms with van der Waals surface area (Å²) >= 11 is 6.23.